The fourth-order valence-electron chi connectivity index (χ4n) is 5.00. The molecule has 0 aliphatic heterocycles. The van der Waals surface area contributed by atoms with E-state index >= 15 is 0 Å². The molecule has 160 valence electrons. The zero-order valence-corrected chi connectivity index (χ0v) is 19.1. The lowest BCUT2D eigenvalue weighted by atomic mass is 9.81. The van der Waals surface area contributed by atoms with Gasteiger partial charge in [-0.3, -0.25) is 0 Å². The monoisotopic (exact) mass is 440 g/mol. The topological polar surface area (TPSA) is 53.6 Å². The Hall–Kier alpha value is -2.79. The molecule has 1 atom stereocenters. The third-order valence-electron chi connectivity index (χ3n) is 7.11. The molecule has 1 aliphatic carbocycles. The van der Waals surface area contributed by atoms with Crippen molar-refractivity contribution in [3.05, 3.63) is 66.2 Å². The largest absolute Gasteiger partial charge is 0.456 e. The van der Waals surface area contributed by atoms with Crippen molar-refractivity contribution < 1.29 is 14.6 Å². The molecule has 4 heteroatoms. The van der Waals surface area contributed by atoms with Gasteiger partial charge < -0.3 is 14.6 Å². The first-order valence-electron chi connectivity index (χ1n) is 10.8. The molecule has 0 fully saturated rings. The van der Waals surface area contributed by atoms with Crippen LogP contribution >= 0.6 is 12.6 Å². The van der Waals surface area contributed by atoms with E-state index in [2.05, 4.69) is 42.5 Å². The average molecular weight is 441 g/mol. The second kappa shape index (κ2) is 6.38. The van der Waals surface area contributed by atoms with E-state index in [1.165, 1.54) is 22.1 Å². The Bertz CT molecular complexity index is 1570. The number of aliphatic hydroxyl groups is 2. The van der Waals surface area contributed by atoms with Gasteiger partial charge in [-0.05, 0) is 77.6 Å². The first kappa shape index (κ1) is 19.9. The average Bonchev–Trinajstić information content (AvgIpc) is 3.25. The molecule has 4 aromatic carbocycles. The van der Waals surface area contributed by atoms with Crippen LogP contribution in [0.1, 0.15) is 26.3 Å². The van der Waals surface area contributed by atoms with Gasteiger partial charge in [0, 0.05) is 22.1 Å². The van der Waals surface area contributed by atoms with E-state index in [4.69, 9.17) is 17.0 Å². The van der Waals surface area contributed by atoms with Gasteiger partial charge in [0.25, 0.3) is 0 Å². The van der Waals surface area contributed by atoms with E-state index in [0.29, 0.717) is 6.42 Å². The van der Waals surface area contributed by atoms with Crippen molar-refractivity contribution in [2.45, 2.75) is 43.3 Å². The molecule has 3 nitrogen and oxygen atoms in total. The third-order valence-corrected chi connectivity index (χ3v) is 7.48. The van der Waals surface area contributed by atoms with Crippen molar-refractivity contribution in [1.29, 1.82) is 0 Å². The number of rotatable bonds is 3. The van der Waals surface area contributed by atoms with Crippen molar-refractivity contribution in [1.82, 2.24) is 0 Å². The number of hydrogen-bond donors (Lipinski definition) is 3. The molecule has 1 aromatic heterocycles. The van der Waals surface area contributed by atoms with Gasteiger partial charge in [0.15, 0.2) is 0 Å². The van der Waals surface area contributed by atoms with Gasteiger partial charge in [0.1, 0.15) is 11.2 Å². The van der Waals surface area contributed by atoms with E-state index < -0.39 is 11.2 Å². The molecular formula is C28H24O3S. The molecular weight excluding hydrogens is 416 g/mol. The maximum Gasteiger partial charge on any atom is 0.136 e. The van der Waals surface area contributed by atoms with E-state index in [-0.39, 0.29) is 0 Å². The molecule has 0 bridgehead atoms. The fraction of sp³-hybridized carbons (Fsp3) is 0.214. The summed E-state index contributed by atoms with van der Waals surface area (Å²) in [5, 5.41) is 26.0. The predicted molar refractivity (Wildman–Crippen MR) is 134 cm³/mol. The van der Waals surface area contributed by atoms with E-state index in [9.17, 15) is 10.2 Å². The first-order valence-corrected chi connectivity index (χ1v) is 11.3. The lowest BCUT2D eigenvalue weighted by Gasteiger charge is -2.36. The smallest absolute Gasteiger partial charge is 0.136 e. The number of benzene rings is 4. The fourth-order valence-corrected chi connectivity index (χ4v) is 5.31. The van der Waals surface area contributed by atoms with Gasteiger partial charge in [0.05, 0.1) is 11.2 Å². The Labute approximate surface area is 191 Å². The second-order valence-electron chi connectivity index (χ2n) is 9.67. The van der Waals surface area contributed by atoms with Crippen LogP contribution < -0.4 is 0 Å². The summed E-state index contributed by atoms with van der Waals surface area (Å²) in [5.74, 6) is 0. The molecule has 0 saturated carbocycles. The number of furan rings is 1. The summed E-state index contributed by atoms with van der Waals surface area (Å²) in [6.07, 6.45) is 0.330. The molecule has 1 unspecified atom stereocenters. The Balaban J connectivity index is 1.76. The molecule has 2 N–H and O–H groups in total. The maximum atomic E-state index is 11.1. The highest BCUT2D eigenvalue weighted by atomic mass is 32.1. The standard InChI is InChI=1S/C28H24O3S/c1-27(2,29)28(3,30)14-15-11-18-16-7-4-5-8-17(16)19-13-22-25(20(12-15)24(18)19)26-21(31-22)9-6-10-23(26)32/h4-13,29-30,32H,14H2,1-3H3. The lowest BCUT2D eigenvalue weighted by Crippen LogP contribution is -2.49. The Kier molecular flexibility index (Phi) is 3.96. The van der Waals surface area contributed by atoms with Crippen molar-refractivity contribution in [2.24, 2.45) is 0 Å². The highest BCUT2D eigenvalue weighted by Gasteiger charge is 2.38. The maximum absolute atomic E-state index is 11.1. The van der Waals surface area contributed by atoms with Crippen LogP contribution in [0.3, 0.4) is 0 Å². The van der Waals surface area contributed by atoms with Crippen molar-refractivity contribution in [3.63, 3.8) is 0 Å². The Morgan fingerprint density at radius 3 is 2.12 bits per heavy atom. The quantitative estimate of drug-likeness (QED) is 0.267. The van der Waals surface area contributed by atoms with E-state index in [0.717, 1.165) is 43.3 Å². The summed E-state index contributed by atoms with van der Waals surface area (Å²) < 4.78 is 6.28. The minimum absolute atomic E-state index is 0.330. The van der Waals surface area contributed by atoms with Gasteiger partial charge in [0.2, 0.25) is 0 Å². The summed E-state index contributed by atoms with van der Waals surface area (Å²) in [6, 6.07) is 20.8. The van der Waals surface area contributed by atoms with Crippen LogP contribution in [0.25, 0.3) is 55.0 Å². The zero-order chi connectivity index (χ0) is 22.4. The first-order chi connectivity index (χ1) is 15.2. The van der Waals surface area contributed by atoms with Crippen LogP contribution in [-0.2, 0) is 6.42 Å². The highest BCUT2D eigenvalue weighted by molar-refractivity contribution is 7.80. The van der Waals surface area contributed by atoms with E-state index in [1.807, 2.05) is 18.2 Å². The van der Waals surface area contributed by atoms with Crippen LogP contribution in [0.4, 0.5) is 0 Å². The van der Waals surface area contributed by atoms with Gasteiger partial charge in [-0.2, -0.15) is 0 Å². The van der Waals surface area contributed by atoms with Crippen LogP contribution in [0.2, 0.25) is 0 Å². The van der Waals surface area contributed by atoms with Crippen molar-refractivity contribution in [3.8, 4) is 22.3 Å². The van der Waals surface area contributed by atoms with Crippen LogP contribution in [0, 0.1) is 0 Å². The summed E-state index contributed by atoms with van der Waals surface area (Å²) in [7, 11) is 0. The van der Waals surface area contributed by atoms with Gasteiger partial charge in [-0.25, -0.2) is 0 Å². The van der Waals surface area contributed by atoms with Crippen LogP contribution in [-0.4, -0.2) is 21.4 Å². The van der Waals surface area contributed by atoms with Crippen LogP contribution in [0.5, 0.6) is 0 Å². The van der Waals surface area contributed by atoms with Crippen LogP contribution in [0.15, 0.2) is 70.0 Å². The molecule has 0 saturated heterocycles. The molecule has 6 rings (SSSR count). The molecule has 32 heavy (non-hydrogen) atoms. The van der Waals surface area contributed by atoms with Crippen molar-refractivity contribution >= 4 is 45.3 Å². The number of hydrogen-bond acceptors (Lipinski definition) is 4. The summed E-state index contributed by atoms with van der Waals surface area (Å²) in [4.78, 5) is 0.877. The highest BCUT2D eigenvalue weighted by Crippen LogP contribution is 2.52. The second-order valence-corrected chi connectivity index (χ2v) is 10.2. The summed E-state index contributed by atoms with van der Waals surface area (Å²) >= 11 is 4.73. The SMILES string of the molecule is CC(C)(O)C(C)(O)Cc1cc2c3c(cc4oc5cccc(S)c5c4c3c1)-c1ccccc1-2. The zero-order valence-electron chi connectivity index (χ0n) is 18.2. The van der Waals surface area contributed by atoms with Gasteiger partial charge >= 0.3 is 0 Å². The number of thiol groups is 1. The minimum atomic E-state index is -1.28. The summed E-state index contributed by atoms with van der Waals surface area (Å²) in [6.45, 7) is 4.99. The molecule has 1 heterocycles. The normalized spacial score (nSPS) is 14.9. The Morgan fingerprint density at radius 1 is 0.750 bits per heavy atom. The van der Waals surface area contributed by atoms with Crippen molar-refractivity contribution in [2.75, 3.05) is 0 Å². The van der Waals surface area contributed by atoms with Gasteiger partial charge in [-0.15, -0.1) is 12.6 Å². The van der Waals surface area contributed by atoms with Gasteiger partial charge in [-0.1, -0.05) is 42.5 Å². The molecule has 1 aliphatic rings. The molecule has 0 amide bonds. The number of fused-ring (bicyclic) bond motifs is 7. The predicted octanol–water partition coefficient (Wildman–Crippen LogP) is 6.74. The third kappa shape index (κ3) is 2.64. The van der Waals surface area contributed by atoms with E-state index in [1.54, 1.807) is 20.8 Å². The lowest BCUT2D eigenvalue weighted by molar-refractivity contribution is -0.118. The minimum Gasteiger partial charge on any atom is -0.456 e. The molecule has 5 aromatic rings. The summed E-state index contributed by atoms with van der Waals surface area (Å²) in [5.41, 5.74) is 4.79. The Morgan fingerprint density at radius 2 is 1.44 bits per heavy atom. The molecule has 0 spiro atoms. The molecule has 0 radical (unpaired) electrons.